The van der Waals surface area contributed by atoms with Gasteiger partial charge in [-0.1, -0.05) is 12.1 Å². The highest BCUT2D eigenvalue weighted by atomic mass is 16.8. The summed E-state index contributed by atoms with van der Waals surface area (Å²) in [5.74, 6) is 0.722. The number of fused-ring (bicyclic) bond motifs is 1. The number of likely N-dealkylation sites (tertiary alicyclic amines) is 1. The first-order valence-corrected chi connectivity index (χ1v) is 10.3. The van der Waals surface area contributed by atoms with Crippen molar-refractivity contribution in [1.29, 1.82) is 0 Å². The molecule has 0 aromatic heterocycles. The lowest BCUT2D eigenvalue weighted by molar-refractivity contribution is -0.296. The fraction of sp³-hybridized carbons (Fsp3) is 0.636. The fourth-order valence-electron chi connectivity index (χ4n) is 6.89. The minimum Gasteiger partial charge on any atom is -0.493 e. The molecule has 0 radical (unpaired) electrons. The van der Waals surface area contributed by atoms with Gasteiger partial charge in [0.25, 0.3) is 0 Å². The van der Waals surface area contributed by atoms with Crippen molar-refractivity contribution in [1.82, 2.24) is 4.90 Å². The molecule has 4 unspecified atom stereocenters. The summed E-state index contributed by atoms with van der Waals surface area (Å²) in [6.07, 6.45) is 4.47. The van der Waals surface area contributed by atoms with Gasteiger partial charge in [-0.15, -0.1) is 6.58 Å². The Hall–Kier alpha value is -1.60. The van der Waals surface area contributed by atoms with Crippen LogP contribution in [0.3, 0.4) is 0 Å². The second-order valence-corrected chi connectivity index (χ2v) is 8.79. The van der Waals surface area contributed by atoms with Crippen LogP contribution in [0.4, 0.5) is 0 Å². The van der Waals surface area contributed by atoms with E-state index in [0.717, 1.165) is 43.0 Å². The normalized spacial score (nSPS) is 39.5. The molecule has 1 N–H and O–H groups in total. The Morgan fingerprint density at radius 3 is 2.86 bits per heavy atom. The van der Waals surface area contributed by atoms with Crippen molar-refractivity contribution >= 4 is 0 Å². The van der Waals surface area contributed by atoms with Crippen LogP contribution in [0, 0.1) is 0 Å². The largest absolute Gasteiger partial charge is 0.493 e. The van der Waals surface area contributed by atoms with Crippen molar-refractivity contribution in [3.05, 3.63) is 35.9 Å². The zero-order valence-electron chi connectivity index (χ0n) is 16.3. The minimum atomic E-state index is -0.885. The van der Waals surface area contributed by atoms with Crippen LogP contribution in [-0.4, -0.2) is 67.0 Å². The Morgan fingerprint density at radius 1 is 1.29 bits per heavy atom. The molecule has 2 spiro atoms. The molecule has 150 valence electrons. The molecule has 2 aliphatic carbocycles. The van der Waals surface area contributed by atoms with Crippen LogP contribution in [-0.2, 0) is 21.3 Å². The molecule has 4 atom stereocenters. The maximum Gasteiger partial charge on any atom is 0.207 e. The fourth-order valence-corrected chi connectivity index (χ4v) is 6.89. The average molecular weight is 385 g/mol. The van der Waals surface area contributed by atoms with Crippen LogP contribution in [0.25, 0.3) is 0 Å². The van der Waals surface area contributed by atoms with Gasteiger partial charge in [-0.3, -0.25) is 4.90 Å². The third kappa shape index (κ3) is 1.75. The molecule has 0 amide bonds. The SMILES string of the molecule is C=CCN1CCC23c4c5ccc(OC)c4OC2C2(CCC3(O)C1C5)OCCO2. The van der Waals surface area contributed by atoms with Crippen molar-refractivity contribution < 1.29 is 24.1 Å². The van der Waals surface area contributed by atoms with Gasteiger partial charge < -0.3 is 24.1 Å². The molecule has 1 saturated carbocycles. The topological polar surface area (TPSA) is 60.4 Å². The summed E-state index contributed by atoms with van der Waals surface area (Å²) >= 11 is 0. The average Bonchev–Trinajstić information content (AvgIpc) is 3.30. The number of aliphatic hydroxyl groups is 1. The van der Waals surface area contributed by atoms with Gasteiger partial charge in [-0.25, -0.2) is 0 Å². The molecule has 3 heterocycles. The van der Waals surface area contributed by atoms with E-state index < -0.39 is 16.8 Å². The van der Waals surface area contributed by atoms with E-state index in [9.17, 15) is 5.11 Å². The molecule has 6 rings (SSSR count). The second kappa shape index (κ2) is 5.51. The standard InChI is InChI=1S/C22H27NO5/c1-3-9-23-10-8-20-17-14-4-5-15(25-2)18(17)28-19(20)22(26-11-12-27-22)7-6-21(20,24)16(23)13-14/h3-5,16,19,24H,1,6-13H2,2H3. The summed E-state index contributed by atoms with van der Waals surface area (Å²) in [5, 5.41) is 12.3. The van der Waals surface area contributed by atoms with Gasteiger partial charge in [0, 0.05) is 24.6 Å². The predicted molar refractivity (Wildman–Crippen MR) is 102 cm³/mol. The van der Waals surface area contributed by atoms with Crippen molar-refractivity contribution in [3.8, 4) is 11.5 Å². The quantitative estimate of drug-likeness (QED) is 0.801. The Labute approximate surface area is 165 Å². The van der Waals surface area contributed by atoms with Crippen LogP contribution in [0.5, 0.6) is 11.5 Å². The zero-order valence-corrected chi connectivity index (χ0v) is 16.3. The zero-order chi connectivity index (χ0) is 19.1. The van der Waals surface area contributed by atoms with Gasteiger partial charge in [0.2, 0.25) is 5.79 Å². The third-order valence-corrected chi connectivity index (χ3v) is 7.92. The van der Waals surface area contributed by atoms with E-state index in [1.54, 1.807) is 7.11 Å². The van der Waals surface area contributed by atoms with Crippen molar-refractivity contribution in [3.63, 3.8) is 0 Å². The number of rotatable bonds is 3. The van der Waals surface area contributed by atoms with Gasteiger partial charge in [0.05, 0.1) is 31.3 Å². The number of hydrogen-bond donors (Lipinski definition) is 1. The van der Waals surface area contributed by atoms with Gasteiger partial charge in [0.15, 0.2) is 17.6 Å². The lowest BCUT2D eigenvalue weighted by Gasteiger charge is -2.65. The molecule has 6 nitrogen and oxygen atoms in total. The minimum absolute atomic E-state index is 0.0379. The molecular formula is C22H27NO5. The maximum atomic E-state index is 12.3. The summed E-state index contributed by atoms with van der Waals surface area (Å²) in [7, 11) is 1.67. The Bertz CT molecular complexity index is 850. The van der Waals surface area contributed by atoms with Crippen LogP contribution in [0.15, 0.2) is 24.8 Å². The highest BCUT2D eigenvalue weighted by molar-refractivity contribution is 5.63. The van der Waals surface area contributed by atoms with E-state index in [4.69, 9.17) is 18.9 Å². The Balaban J connectivity index is 1.61. The monoisotopic (exact) mass is 385 g/mol. The Morgan fingerprint density at radius 2 is 2.11 bits per heavy atom. The number of benzene rings is 1. The molecule has 28 heavy (non-hydrogen) atoms. The molecule has 1 aromatic carbocycles. The lowest BCUT2D eigenvalue weighted by atomic mass is 9.48. The maximum absolute atomic E-state index is 12.3. The smallest absolute Gasteiger partial charge is 0.207 e. The van der Waals surface area contributed by atoms with E-state index in [1.165, 1.54) is 5.56 Å². The van der Waals surface area contributed by atoms with E-state index in [1.807, 2.05) is 12.1 Å². The van der Waals surface area contributed by atoms with E-state index in [2.05, 4.69) is 17.5 Å². The number of methoxy groups -OCH3 is 1. The summed E-state index contributed by atoms with van der Waals surface area (Å²) in [5.41, 5.74) is 0.961. The van der Waals surface area contributed by atoms with E-state index in [0.29, 0.717) is 26.1 Å². The first kappa shape index (κ1) is 17.3. The molecule has 3 fully saturated rings. The molecule has 6 heteroatoms. The number of nitrogens with zero attached hydrogens (tertiary/aromatic N) is 1. The van der Waals surface area contributed by atoms with Crippen molar-refractivity contribution in [2.75, 3.05) is 33.4 Å². The summed E-state index contributed by atoms with van der Waals surface area (Å²) in [6.45, 7) is 6.75. The predicted octanol–water partition coefficient (Wildman–Crippen LogP) is 1.78. The summed E-state index contributed by atoms with van der Waals surface area (Å²) in [4.78, 5) is 2.38. The van der Waals surface area contributed by atoms with Gasteiger partial charge >= 0.3 is 0 Å². The number of ether oxygens (including phenoxy) is 4. The van der Waals surface area contributed by atoms with Gasteiger partial charge in [-0.2, -0.15) is 0 Å². The van der Waals surface area contributed by atoms with E-state index in [-0.39, 0.29) is 12.1 Å². The number of hydrogen-bond acceptors (Lipinski definition) is 6. The highest BCUT2D eigenvalue weighted by Gasteiger charge is 2.77. The summed E-state index contributed by atoms with van der Waals surface area (Å²) in [6, 6.07) is 4.17. The summed E-state index contributed by atoms with van der Waals surface area (Å²) < 4.78 is 24.6. The second-order valence-electron chi connectivity index (χ2n) is 8.79. The van der Waals surface area contributed by atoms with Crippen molar-refractivity contribution in [2.45, 2.75) is 54.6 Å². The van der Waals surface area contributed by atoms with Crippen LogP contribution in [0.1, 0.15) is 30.4 Å². The van der Waals surface area contributed by atoms with E-state index >= 15 is 0 Å². The molecular weight excluding hydrogens is 358 g/mol. The molecule has 5 aliphatic rings. The van der Waals surface area contributed by atoms with Gasteiger partial charge in [0.1, 0.15) is 0 Å². The first-order chi connectivity index (χ1) is 13.6. The Kier molecular flexibility index (Phi) is 3.40. The molecule has 1 aromatic rings. The molecule has 2 bridgehead atoms. The highest BCUT2D eigenvalue weighted by Crippen LogP contribution is 2.68. The van der Waals surface area contributed by atoms with Crippen LogP contribution >= 0.6 is 0 Å². The number of piperidine rings is 1. The molecule has 3 aliphatic heterocycles. The van der Waals surface area contributed by atoms with Crippen LogP contribution < -0.4 is 9.47 Å². The molecule has 2 saturated heterocycles. The lowest BCUT2D eigenvalue weighted by Crippen LogP contribution is -2.79. The van der Waals surface area contributed by atoms with Crippen LogP contribution in [0.2, 0.25) is 0 Å². The van der Waals surface area contributed by atoms with Crippen molar-refractivity contribution in [2.24, 2.45) is 0 Å². The first-order valence-electron chi connectivity index (χ1n) is 10.3. The third-order valence-electron chi connectivity index (χ3n) is 7.92. The van der Waals surface area contributed by atoms with Gasteiger partial charge in [-0.05, 0) is 37.4 Å².